The first-order valence-corrected chi connectivity index (χ1v) is 19.4. The number of pyridine rings is 2. The molecule has 0 spiro atoms. The van der Waals surface area contributed by atoms with Crippen LogP contribution in [-0.4, -0.2) is 74.3 Å². The maximum absolute atomic E-state index is 14.6. The number of amides is 1. The number of benzene rings is 2. The summed E-state index contributed by atoms with van der Waals surface area (Å²) in [4.78, 5) is 49.8. The second kappa shape index (κ2) is 17.5. The summed E-state index contributed by atoms with van der Waals surface area (Å²) in [6, 6.07) is 9.12. The number of hydrogen-bond acceptors (Lipinski definition) is 8. The van der Waals surface area contributed by atoms with Crippen LogP contribution in [0.4, 0.5) is 26.3 Å². The van der Waals surface area contributed by atoms with Gasteiger partial charge in [-0.05, 0) is 84.5 Å². The number of Topliss-reactive ketones (excluding diaryl/α,β-unsaturated/α-hetero) is 1. The summed E-state index contributed by atoms with van der Waals surface area (Å²) in [5, 5.41) is 21.1. The maximum Gasteiger partial charge on any atom is 0.422 e. The van der Waals surface area contributed by atoms with Gasteiger partial charge in [-0.3, -0.25) is 14.4 Å². The number of piperidine rings is 1. The third kappa shape index (κ3) is 8.92. The molecule has 1 aliphatic heterocycles. The fraction of sp³-hybridized carbons (Fsp3) is 0.375. The number of hydrogen-bond donors (Lipinski definition) is 2. The number of ether oxygens (including phenoxy) is 1. The predicted octanol–water partition coefficient (Wildman–Crippen LogP) is 9.86. The van der Waals surface area contributed by atoms with Crippen molar-refractivity contribution in [3.8, 4) is 0 Å². The largest absolute Gasteiger partial charge is 0.466 e. The molecule has 0 bridgehead atoms. The molecule has 2 N–H and O–H groups in total. The molecule has 5 rings (SSSR count). The van der Waals surface area contributed by atoms with Crippen molar-refractivity contribution in [2.75, 3.05) is 13.2 Å². The van der Waals surface area contributed by atoms with Crippen LogP contribution >= 0.6 is 46.4 Å². The van der Waals surface area contributed by atoms with E-state index in [1.54, 1.807) is 6.92 Å². The summed E-state index contributed by atoms with van der Waals surface area (Å²) in [6.45, 7) is 3.63. The van der Waals surface area contributed by atoms with Crippen LogP contribution in [0.2, 0.25) is 20.4 Å². The van der Waals surface area contributed by atoms with Crippen LogP contribution < -0.4 is 0 Å². The van der Waals surface area contributed by atoms with Gasteiger partial charge in [-0.2, -0.15) is 26.3 Å². The average molecular weight is 910 g/mol. The minimum atomic E-state index is -5.23. The van der Waals surface area contributed by atoms with Crippen LogP contribution in [0.1, 0.15) is 88.4 Å². The van der Waals surface area contributed by atoms with E-state index in [1.807, 2.05) is 0 Å². The number of likely N-dealkylation sites (tertiary alicyclic amines) is 1. The van der Waals surface area contributed by atoms with E-state index in [1.165, 1.54) is 12.1 Å². The highest BCUT2D eigenvalue weighted by Gasteiger charge is 2.60. The number of aromatic nitrogens is 2. The highest BCUT2D eigenvalue weighted by Crippen LogP contribution is 2.51. The molecule has 1 saturated heterocycles. The lowest BCUT2D eigenvalue weighted by Gasteiger charge is -2.38. The van der Waals surface area contributed by atoms with Gasteiger partial charge in [0.1, 0.15) is 10.3 Å². The molecule has 19 heteroatoms. The Morgan fingerprint density at radius 3 is 1.64 bits per heavy atom. The minimum absolute atomic E-state index is 0.0305. The van der Waals surface area contributed by atoms with E-state index >= 15 is 0 Å². The molecule has 2 aromatic heterocycles. The zero-order valence-electron chi connectivity index (χ0n) is 31.2. The number of nitrogens with zero attached hydrogens (tertiary/aromatic N) is 3. The summed E-state index contributed by atoms with van der Waals surface area (Å²) >= 11 is 24.7. The maximum atomic E-state index is 14.6. The van der Waals surface area contributed by atoms with Crippen molar-refractivity contribution in [2.45, 2.75) is 75.0 Å². The zero-order chi connectivity index (χ0) is 43.8. The number of rotatable bonds is 11. The molecule has 1 aliphatic rings. The van der Waals surface area contributed by atoms with Gasteiger partial charge < -0.3 is 19.8 Å². The van der Waals surface area contributed by atoms with Crippen molar-refractivity contribution >= 4 is 64.1 Å². The first-order chi connectivity index (χ1) is 27.5. The first-order valence-electron chi connectivity index (χ1n) is 17.9. The number of alkyl halides is 6. The van der Waals surface area contributed by atoms with Crippen LogP contribution in [0.5, 0.6) is 0 Å². The molecule has 1 fully saturated rings. The number of ketones is 1. The summed E-state index contributed by atoms with van der Waals surface area (Å²) < 4.78 is 92.5. The molecule has 6 atom stereocenters. The molecule has 0 radical (unpaired) electrons. The van der Waals surface area contributed by atoms with Crippen molar-refractivity contribution < 1.29 is 55.7 Å². The quantitative estimate of drug-likeness (QED) is 0.0659. The number of esters is 1. The zero-order valence-corrected chi connectivity index (χ0v) is 34.2. The summed E-state index contributed by atoms with van der Waals surface area (Å²) in [7, 11) is 0. The molecule has 0 aliphatic carbocycles. The van der Waals surface area contributed by atoms with E-state index in [-0.39, 0.29) is 68.6 Å². The Balaban J connectivity index is 1.49. The summed E-state index contributed by atoms with van der Waals surface area (Å²) in [5.41, 5.74) is -8.86. The lowest BCUT2D eigenvalue weighted by atomic mass is 9.77. The molecule has 4 aromatic rings. The Labute approximate surface area is 354 Å². The fourth-order valence-corrected chi connectivity index (χ4v) is 8.42. The van der Waals surface area contributed by atoms with Gasteiger partial charge in [0.05, 0.1) is 18.6 Å². The predicted molar refractivity (Wildman–Crippen MR) is 207 cm³/mol. The Kier molecular flexibility index (Phi) is 13.7. The summed E-state index contributed by atoms with van der Waals surface area (Å²) in [6.07, 6.45) is -8.61. The molecule has 1 amide bonds. The van der Waals surface area contributed by atoms with Crippen molar-refractivity contribution in [3.63, 3.8) is 0 Å². The summed E-state index contributed by atoms with van der Waals surface area (Å²) in [5.74, 6) is -6.49. The van der Waals surface area contributed by atoms with Crippen molar-refractivity contribution in [1.29, 1.82) is 0 Å². The van der Waals surface area contributed by atoms with Crippen LogP contribution in [0.15, 0.2) is 73.1 Å². The molecule has 0 saturated carbocycles. The number of carbonyl (C=O) groups is 3. The first kappa shape index (κ1) is 46.1. The van der Waals surface area contributed by atoms with Crippen LogP contribution in [0.25, 0.3) is 0 Å². The Morgan fingerprint density at radius 1 is 0.763 bits per heavy atom. The van der Waals surface area contributed by atoms with E-state index in [4.69, 9.17) is 51.1 Å². The SMILES string of the molecule is CCOC(=O)C1CCN(C(=O)c2ccc(C(C)C(O)(c3ccnc(Cl)c3)C(F)(F)F)c(Cl)c2)C(C(=O)c2ccc(C(C)C(O)(c3ccnc(Cl)c3)C(F)(F)F)c(Cl)c2)C1. The van der Waals surface area contributed by atoms with Gasteiger partial charge in [-0.15, -0.1) is 0 Å². The van der Waals surface area contributed by atoms with Crippen LogP contribution in [-0.2, 0) is 20.7 Å². The van der Waals surface area contributed by atoms with E-state index in [0.717, 1.165) is 79.7 Å². The molecule has 2 aromatic carbocycles. The number of halogens is 10. The van der Waals surface area contributed by atoms with Crippen LogP contribution in [0.3, 0.4) is 0 Å². The highest BCUT2D eigenvalue weighted by molar-refractivity contribution is 6.32. The third-order valence-electron chi connectivity index (χ3n) is 10.7. The Bertz CT molecular complexity index is 2250. The lowest BCUT2D eigenvalue weighted by Crippen LogP contribution is -2.51. The topological polar surface area (TPSA) is 130 Å². The van der Waals surface area contributed by atoms with Crippen molar-refractivity contribution in [1.82, 2.24) is 14.9 Å². The van der Waals surface area contributed by atoms with Gasteiger partial charge >= 0.3 is 18.3 Å². The van der Waals surface area contributed by atoms with E-state index in [2.05, 4.69) is 9.97 Å². The number of aliphatic hydroxyl groups is 2. The van der Waals surface area contributed by atoms with Crippen LogP contribution in [0, 0.1) is 5.92 Å². The molecule has 9 nitrogen and oxygen atoms in total. The van der Waals surface area contributed by atoms with Gasteiger partial charge in [0.25, 0.3) is 5.91 Å². The van der Waals surface area contributed by atoms with Gasteiger partial charge in [0.2, 0.25) is 0 Å². The number of carbonyl (C=O) groups excluding carboxylic acids is 3. The second-order valence-electron chi connectivity index (χ2n) is 14.0. The van der Waals surface area contributed by atoms with Crippen molar-refractivity contribution in [2.24, 2.45) is 5.92 Å². The third-order valence-corrected chi connectivity index (χ3v) is 11.8. The Hall–Kier alpha value is -3.99. The monoisotopic (exact) mass is 907 g/mol. The van der Waals surface area contributed by atoms with Crippen molar-refractivity contribution in [3.05, 3.63) is 127 Å². The van der Waals surface area contributed by atoms with Gasteiger partial charge in [-0.25, -0.2) is 9.97 Å². The normalized spacial score (nSPS) is 19.3. The second-order valence-corrected chi connectivity index (χ2v) is 15.6. The molecular weight excluding hydrogens is 874 g/mol. The smallest absolute Gasteiger partial charge is 0.422 e. The van der Waals surface area contributed by atoms with E-state index in [0.29, 0.717) is 0 Å². The Morgan fingerprint density at radius 2 is 1.22 bits per heavy atom. The van der Waals surface area contributed by atoms with Gasteiger partial charge in [0.15, 0.2) is 17.0 Å². The van der Waals surface area contributed by atoms with E-state index in [9.17, 15) is 50.9 Å². The minimum Gasteiger partial charge on any atom is -0.466 e. The van der Waals surface area contributed by atoms with E-state index < -0.39 is 76.1 Å². The molecule has 3 heterocycles. The van der Waals surface area contributed by atoms with Gasteiger partial charge in [0, 0.05) is 51.9 Å². The molecule has 316 valence electrons. The molecular formula is C40H35Cl4F6N3O6. The lowest BCUT2D eigenvalue weighted by molar-refractivity contribution is -0.274. The standard InChI is InChI=1S/C40H35Cl4F6N3O6/c1-4-59-36(56)24-11-14-53(35(55)23-6-8-28(30(42)16-23)21(3)38(58,40(48,49)50)26-10-13-52-33(44)19-26)31(17-24)34(54)22-5-7-27(29(41)15-22)20(2)37(57,39(45,46)47)25-9-12-51-32(43)18-25/h5-10,12-13,15-16,18-21,24,31,57-58H,4,11,14,17H2,1-3H3. The molecule has 59 heavy (non-hydrogen) atoms. The highest BCUT2D eigenvalue weighted by atomic mass is 35.5. The van der Waals surface area contributed by atoms with Gasteiger partial charge in [-0.1, -0.05) is 78.5 Å². The fourth-order valence-electron chi connectivity index (χ4n) is 7.38. The molecule has 6 unspecified atom stereocenters. The average Bonchev–Trinajstić information content (AvgIpc) is 3.18.